The predicted molar refractivity (Wildman–Crippen MR) is 80.8 cm³/mol. The zero-order valence-electron chi connectivity index (χ0n) is 13.5. The van der Waals surface area contributed by atoms with Crippen LogP contribution in [0.3, 0.4) is 0 Å². The van der Waals surface area contributed by atoms with Gasteiger partial charge in [-0.05, 0) is 0 Å². The third-order valence-corrected chi connectivity index (χ3v) is 6.94. The summed E-state index contributed by atoms with van der Waals surface area (Å²) in [7, 11) is 0. The number of carbonyl (C=O) groups is 1. The van der Waals surface area contributed by atoms with Gasteiger partial charge < -0.3 is 0 Å². The summed E-state index contributed by atoms with van der Waals surface area (Å²) < 4.78 is 2.96. The van der Waals surface area contributed by atoms with Gasteiger partial charge in [0.25, 0.3) is 0 Å². The van der Waals surface area contributed by atoms with Crippen LogP contribution in [0.1, 0.15) is 47.0 Å². The van der Waals surface area contributed by atoms with E-state index < -0.39 is 5.41 Å². The second-order valence-corrected chi connectivity index (χ2v) is 7.45. The Kier molecular flexibility index (Phi) is 3.61. The molecule has 0 spiro atoms. The van der Waals surface area contributed by atoms with Gasteiger partial charge in [-0.3, -0.25) is 0 Å². The summed E-state index contributed by atoms with van der Waals surface area (Å²) >= 11 is 1.77. The zero-order chi connectivity index (χ0) is 15.5. The Balaban J connectivity index is 2.21. The predicted octanol–water partition coefficient (Wildman–Crippen LogP) is 3.84. The first-order valence-corrected chi connectivity index (χ1v) is 8.70. The minimum absolute atomic E-state index is 0.170. The molecule has 2 saturated carbocycles. The molecule has 3 heteroatoms. The molecule has 4 unspecified atom stereocenters. The first-order chi connectivity index (χ1) is 9.87. The molecule has 3 aliphatic rings. The van der Waals surface area contributed by atoms with Crippen LogP contribution >= 0.6 is 0 Å². The number of fused-ring (bicyclic) bond motifs is 2. The maximum atomic E-state index is 13.0. The molecule has 1 N–H and O–H groups in total. The maximum absolute atomic E-state index is 13.0. The quantitative estimate of drug-likeness (QED) is 0.608. The summed E-state index contributed by atoms with van der Waals surface area (Å²) in [6, 6.07) is 0. The molecule has 0 aromatic rings. The van der Waals surface area contributed by atoms with E-state index in [1.54, 1.807) is 20.7 Å². The molecule has 4 atom stereocenters. The zero-order valence-corrected chi connectivity index (χ0v) is 15.0. The first kappa shape index (κ1) is 15.3. The van der Waals surface area contributed by atoms with Crippen molar-refractivity contribution in [3.05, 3.63) is 34.4 Å². The van der Waals surface area contributed by atoms with E-state index >= 15 is 0 Å². The Hall–Kier alpha value is -0.596. The van der Waals surface area contributed by atoms with Gasteiger partial charge in [0.1, 0.15) is 0 Å². The van der Waals surface area contributed by atoms with Crippen molar-refractivity contribution < 1.29 is 25.5 Å². The molecule has 3 aliphatic carbocycles. The second kappa shape index (κ2) is 4.96. The van der Waals surface area contributed by atoms with Crippen LogP contribution in [0, 0.1) is 23.2 Å². The fraction of sp³-hybridized carbons (Fsp3) is 0.611. The topological polar surface area (TPSA) is 29.1 Å². The molecule has 2 bridgehead atoms. The van der Waals surface area contributed by atoms with Gasteiger partial charge in [0.05, 0.1) is 0 Å². The van der Waals surface area contributed by atoms with E-state index in [-0.39, 0.29) is 5.91 Å². The molecule has 0 radical (unpaired) electrons. The van der Waals surface area contributed by atoms with Crippen molar-refractivity contribution in [2.45, 2.75) is 47.0 Å². The average molecular weight is 318 g/mol. The standard InChI is InChI=1S/C18H25NO.Ti/c1-9-10(2)12(4)16(11(9)3)18(17(19)20)13(5)14-6-7-15(18)8-14;/h11,14-15H,5-8H2,1-4H3,(H2,19,20);/q;+1/p-1. The van der Waals surface area contributed by atoms with Gasteiger partial charge in [-0.2, -0.15) is 0 Å². The van der Waals surface area contributed by atoms with E-state index in [1.807, 2.05) is 0 Å². The van der Waals surface area contributed by atoms with Gasteiger partial charge in [-0.1, -0.05) is 0 Å². The van der Waals surface area contributed by atoms with Gasteiger partial charge >= 0.3 is 140 Å². The van der Waals surface area contributed by atoms with Gasteiger partial charge in [0.15, 0.2) is 0 Å². The van der Waals surface area contributed by atoms with Crippen molar-refractivity contribution in [1.29, 1.82) is 0 Å². The normalized spacial score (nSPS) is 38.6. The number of rotatable bonds is 2. The van der Waals surface area contributed by atoms with E-state index in [1.165, 1.54) is 40.7 Å². The molecular weight excluding hydrogens is 294 g/mol. The van der Waals surface area contributed by atoms with Crippen LogP contribution in [0.5, 0.6) is 0 Å². The molecule has 3 rings (SSSR count). The molecule has 21 heavy (non-hydrogen) atoms. The number of hydrogen-bond donors (Lipinski definition) is 1. The van der Waals surface area contributed by atoms with Crippen LogP contribution in [0.25, 0.3) is 0 Å². The van der Waals surface area contributed by atoms with Crippen molar-refractivity contribution >= 4 is 5.91 Å². The number of allylic oxidation sites excluding steroid dienone is 3. The summed E-state index contributed by atoms with van der Waals surface area (Å²) in [6.45, 7) is 13.3. The number of amides is 1. The molecule has 1 amide bonds. The van der Waals surface area contributed by atoms with E-state index in [2.05, 4.69) is 38.1 Å². The summed E-state index contributed by atoms with van der Waals surface area (Å²) in [6.07, 6.45) is 3.53. The summed E-state index contributed by atoms with van der Waals surface area (Å²) in [5, 5.41) is 0. The van der Waals surface area contributed by atoms with Crippen LogP contribution in [0.2, 0.25) is 0 Å². The van der Waals surface area contributed by atoms with Gasteiger partial charge in [-0.15, -0.1) is 0 Å². The van der Waals surface area contributed by atoms with Gasteiger partial charge in [0.2, 0.25) is 0 Å². The summed E-state index contributed by atoms with van der Waals surface area (Å²) in [4.78, 5) is 13.0. The third-order valence-electron chi connectivity index (χ3n) is 6.58. The first-order valence-electron chi connectivity index (χ1n) is 7.92. The van der Waals surface area contributed by atoms with E-state index in [0.29, 0.717) is 17.8 Å². The minimum atomic E-state index is -0.444. The van der Waals surface area contributed by atoms with Crippen molar-refractivity contribution in [3.63, 3.8) is 0 Å². The van der Waals surface area contributed by atoms with Crippen molar-refractivity contribution in [3.8, 4) is 0 Å². The molecule has 111 valence electrons. The van der Waals surface area contributed by atoms with E-state index in [9.17, 15) is 4.79 Å². The number of hydrogen-bond acceptors (Lipinski definition) is 1. The van der Waals surface area contributed by atoms with E-state index in [0.717, 1.165) is 6.42 Å². The molecule has 0 heterocycles. The van der Waals surface area contributed by atoms with E-state index in [4.69, 9.17) is 0 Å². The third kappa shape index (κ3) is 1.72. The Labute approximate surface area is 139 Å². The monoisotopic (exact) mass is 318 g/mol. The van der Waals surface area contributed by atoms with Crippen LogP contribution < -0.4 is 3.80 Å². The fourth-order valence-corrected chi connectivity index (χ4v) is 5.53. The van der Waals surface area contributed by atoms with Gasteiger partial charge in [0, 0.05) is 0 Å². The van der Waals surface area contributed by atoms with Crippen molar-refractivity contribution in [2.75, 3.05) is 0 Å². The van der Waals surface area contributed by atoms with Crippen LogP contribution in [0.15, 0.2) is 34.4 Å². The Morgan fingerprint density at radius 3 is 2.38 bits per heavy atom. The molecule has 0 aromatic carbocycles. The molecule has 2 nitrogen and oxygen atoms in total. The van der Waals surface area contributed by atoms with Gasteiger partial charge in [-0.25, -0.2) is 0 Å². The second-order valence-electron chi connectivity index (χ2n) is 7.06. The van der Waals surface area contributed by atoms with Crippen molar-refractivity contribution in [1.82, 2.24) is 3.80 Å². The molecule has 0 aromatic heterocycles. The molecule has 0 aliphatic heterocycles. The Bertz CT molecular complexity index is 600. The average Bonchev–Trinajstić information content (AvgIpc) is 3.11. The van der Waals surface area contributed by atoms with Crippen LogP contribution in [-0.4, -0.2) is 5.91 Å². The molecule has 2 fully saturated rings. The van der Waals surface area contributed by atoms with Crippen LogP contribution in [0.4, 0.5) is 0 Å². The number of carbonyl (C=O) groups excluding carboxylic acids is 1. The Morgan fingerprint density at radius 2 is 1.95 bits per heavy atom. The van der Waals surface area contributed by atoms with Crippen molar-refractivity contribution in [2.24, 2.45) is 23.2 Å². The summed E-state index contributed by atoms with van der Waals surface area (Å²) in [5.41, 5.74) is 6.20. The molecule has 0 saturated heterocycles. The fourth-order valence-electron chi connectivity index (χ4n) is 5.22. The number of nitrogens with one attached hydrogen (secondary N) is 1. The SMILES string of the molecule is C=C1C2CCC(C2)C1(C(=O)[NH][Ti])C1=C(C)C(C)=C(C)C1C. The van der Waals surface area contributed by atoms with Crippen LogP contribution in [-0.2, 0) is 25.5 Å². The Morgan fingerprint density at radius 1 is 1.29 bits per heavy atom. The summed E-state index contributed by atoms with van der Waals surface area (Å²) in [5.74, 6) is 1.52. The molecular formula is C18H24NOTi.